The van der Waals surface area contributed by atoms with E-state index in [0.717, 1.165) is 12.1 Å². The van der Waals surface area contributed by atoms with Crippen molar-refractivity contribution in [2.45, 2.75) is 11.8 Å². The fraction of sp³-hybridized carbons (Fsp3) is 0.200. The molecule has 0 aliphatic rings. The maximum Gasteiger partial charge on any atom is 0.134 e. The number of alkyl halides is 1. The van der Waals surface area contributed by atoms with Crippen LogP contribution in [0.4, 0.5) is 13.2 Å². The Morgan fingerprint density at radius 1 is 1.00 bits per heavy atom. The summed E-state index contributed by atoms with van der Waals surface area (Å²) in [5.41, 5.74) is 0.958. The average Bonchev–Trinajstić information content (AvgIpc) is 2.36. The topological polar surface area (TPSA) is 9.23 Å². The summed E-state index contributed by atoms with van der Waals surface area (Å²) >= 11 is 3.22. The number of ether oxygens (including phenoxy) is 1. The van der Waals surface area contributed by atoms with Gasteiger partial charge < -0.3 is 4.74 Å². The van der Waals surface area contributed by atoms with Gasteiger partial charge in [0.2, 0.25) is 0 Å². The molecular formula is C15H12BrF3O. The van der Waals surface area contributed by atoms with E-state index < -0.39 is 22.3 Å². The average molecular weight is 345 g/mol. The quantitative estimate of drug-likeness (QED) is 0.719. The lowest BCUT2D eigenvalue weighted by atomic mass is 10.0. The lowest BCUT2D eigenvalue weighted by Gasteiger charge is -2.14. The molecule has 1 atom stereocenters. The van der Waals surface area contributed by atoms with Crippen LogP contribution in [-0.2, 0) is 0 Å². The summed E-state index contributed by atoms with van der Waals surface area (Å²) in [7, 11) is 1.33. The molecule has 0 aromatic heterocycles. The highest BCUT2D eigenvalue weighted by atomic mass is 79.9. The van der Waals surface area contributed by atoms with Gasteiger partial charge in [-0.25, -0.2) is 13.2 Å². The van der Waals surface area contributed by atoms with Gasteiger partial charge in [-0.1, -0.05) is 22.0 Å². The molecule has 106 valence electrons. The summed E-state index contributed by atoms with van der Waals surface area (Å²) in [5, 5.41) is 0. The molecule has 0 saturated carbocycles. The second-order valence-electron chi connectivity index (χ2n) is 4.43. The zero-order valence-electron chi connectivity index (χ0n) is 10.9. The van der Waals surface area contributed by atoms with Crippen LogP contribution >= 0.6 is 15.9 Å². The number of halogens is 4. The molecule has 0 spiro atoms. The number of rotatable bonds is 3. The van der Waals surface area contributed by atoms with E-state index in [1.165, 1.54) is 19.2 Å². The fourth-order valence-electron chi connectivity index (χ4n) is 2.00. The summed E-state index contributed by atoms with van der Waals surface area (Å²) in [6.07, 6.45) is 0. The molecule has 2 aromatic carbocycles. The summed E-state index contributed by atoms with van der Waals surface area (Å²) in [6, 6.07) is 6.46. The number of hydrogen-bond acceptors (Lipinski definition) is 1. The molecule has 0 aliphatic carbocycles. The molecule has 0 radical (unpaired) electrons. The second-order valence-corrected chi connectivity index (χ2v) is 5.34. The molecule has 0 saturated heterocycles. The Morgan fingerprint density at radius 3 is 2.10 bits per heavy atom. The number of aryl methyl sites for hydroxylation is 1. The summed E-state index contributed by atoms with van der Waals surface area (Å²) in [6.45, 7) is 1.72. The van der Waals surface area contributed by atoms with Crippen LogP contribution in [-0.4, -0.2) is 7.11 Å². The third-order valence-corrected chi connectivity index (χ3v) is 3.89. The van der Waals surface area contributed by atoms with Crippen molar-refractivity contribution >= 4 is 15.9 Å². The van der Waals surface area contributed by atoms with Gasteiger partial charge in [-0.05, 0) is 30.2 Å². The molecule has 0 heterocycles. The first-order valence-electron chi connectivity index (χ1n) is 5.86. The summed E-state index contributed by atoms with van der Waals surface area (Å²) in [4.78, 5) is -0.775. The summed E-state index contributed by atoms with van der Waals surface area (Å²) in [5.74, 6) is -1.84. The van der Waals surface area contributed by atoms with Crippen molar-refractivity contribution in [3.63, 3.8) is 0 Å². The molecule has 0 aliphatic heterocycles. The molecule has 2 rings (SSSR count). The highest BCUT2D eigenvalue weighted by Gasteiger charge is 2.21. The predicted octanol–water partition coefficient (Wildman–Crippen LogP) is 4.91. The third-order valence-electron chi connectivity index (χ3n) is 2.90. The Balaban J connectivity index is 2.50. The van der Waals surface area contributed by atoms with Gasteiger partial charge in [0, 0.05) is 17.7 Å². The van der Waals surface area contributed by atoms with Gasteiger partial charge in [-0.3, -0.25) is 0 Å². The Labute approximate surface area is 123 Å². The second kappa shape index (κ2) is 5.87. The minimum Gasteiger partial charge on any atom is -0.497 e. The minimum atomic E-state index is -0.775. The van der Waals surface area contributed by atoms with Gasteiger partial charge in [0.15, 0.2) is 0 Å². The van der Waals surface area contributed by atoms with E-state index in [4.69, 9.17) is 4.74 Å². The van der Waals surface area contributed by atoms with Gasteiger partial charge in [-0.2, -0.15) is 0 Å². The highest BCUT2D eigenvalue weighted by molar-refractivity contribution is 9.09. The normalized spacial score (nSPS) is 12.3. The van der Waals surface area contributed by atoms with E-state index in [-0.39, 0.29) is 11.3 Å². The van der Waals surface area contributed by atoms with E-state index in [0.29, 0.717) is 11.1 Å². The van der Waals surface area contributed by atoms with E-state index in [9.17, 15) is 13.2 Å². The smallest absolute Gasteiger partial charge is 0.134 e. The molecule has 20 heavy (non-hydrogen) atoms. The minimum absolute atomic E-state index is 0.0962. The highest BCUT2D eigenvalue weighted by Crippen LogP contribution is 2.36. The van der Waals surface area contributed by atoms with Gasteiger partial charge >= 0.3 is 0 Å². The molecular weight excluding hydrogens is 333 g/mol. The SMILES string of the molecule is COc1cc(F)c(C(Br)c2cc(C)cc(F)c2)c(F)c1. The van der Waals surface area contributed by atoms with Gasteiger partial charge in [0.1, 0.15) is 23.2 Å². The molecule has 1 unspecified atom stereocenters. The fourth-order valence-corrected chi connectivity index (χ4v) is 2.70. The summed E-state index contributed by atoms with van der Waals surface area (Å²) < 4.78 is 46.2. The van der Waals surface area contributed by atoms with Gasteiger partial charge in [0.25, 0.3) is 0 Å². The number of hydrogen-bond donors (Lipinski definition) is 0. The van der Waals surface area contributed by atoms with Crippen molar-refractivity contribution < 1.29 is 17.9 Å². The Bertz CT molecular complexity index is 600. The zero-order valence-corrected chi connectivity index (χ0v) is 12.5. The van der Waals surface area contributed by atoms with Crippen LogP contribution < -0.4 is 4.74 Å². The Hall–Kier alpha value is -1.49. The van der Waals surface area contributed by atoms with Crippen molar-refractivity contribution in [3.05, 3.63) is 64.5 Å². The monoisotopic (exact) mass is 344 g/mol. The first-order valence-corrected chi connectivity index (χ1v) is 6.78. The molecule has 0 N–H and O–H groups in total. The zero-order chi connectivity index (χ0) is 14.9. The Morgan fingerprint density at radius 2 is 1.60 bits per heavy atom. The van der Waals surface area contributed by atoms with Crippen LogP contribution in [0.15, 0.2) is 30.3 Å². The lowest BCUT2D eigenvalue weighted by Crippen LogP contribution is -2.02. The van der Waals surface area contributed by atoms with E-state index in [1.807, 2.05) is 0 Å². The standard InChI is InChI=1S/C15H12BrF3O/c1-8-3-9(5-10(17)4-8)15(16)14-12(18)6-11(20-2)7-13(14)19/h3-7,15H,1-2H3. The van der Waals surface area contributed by atoms with Gasteiger partial charge in [-0.15, -0.1) is 0 Å². The van der Waals surface area contributed by atoms with Crippen LogP contribution in [0, 0.1) is 24.4 Å². The van der Waals surface area contributed by atoms with E-state index >= 15 is 0 Å². The van der Waals surface area contributed by atoms with Crippen molar-refractivity contribution in [1.29, 1.82) is 0 Å². The van der Waals surface area contributed by atoms with Crippen LogP contribution in [0.25, 0.3) is 0 Å². The molecule has 0 amide bonds. The van der Waals surface area contributed by atoms with Crippen molar-refractivity contribution in [1.82, 2.24) is 0 Å². The first kappa shape index (κ1) is 14.9. The van der Waals surface area contributed by atoms with Crippen LogP contribution in [0.1, 0.15) is 21.5 Å². The third kappa shape index (κ3) is 2.98. The van der Waals surface area contributed by atoms with Crippen molar-refractivity contribution in [2.75, 3.05) is 7.11 Å². The maximum atomic E-state index is 14.0. The van der Waals surface area contributed by atoms with E-state index in [2.05, 4.69) is 15.9 Å². The first-order chi connectivity index (χ1) is 9.42. The molecule has 1 nitrogen and oxygen atoms in total. The molecule has 0 bridgehead atoms. The van der Waals surface area contributed by atoms with Crippen molar-refractivity contribution in [2.24, 2.45) is 0 Å². The molecule has 0 fully saturated rings. The maximum absolute atomic E-state index is 14.0. The lowest BCUT2D eigenvalue weighted by molar-refractivity contribution is 0.405. The van der Waals surface area contributed by atoms with Crippen LogP contribution in [0.3, 0.4) is 0 Å². The van der Waals surface area contributed by atoms with E-state index in [1.54, 1.807) is 13.0 Å². The Kier molecular flexibility index (Phi) is 4.38. The van der Waals surface area contributed by atoms with Crippen LogP contribution in [0.2, 0.25) is 0 Å². The molecule has 5 heteroatoms. The number of methoxy groups -OCH3 is 1. The van der Waals surface area contributed by atoms with Crippen LogP contribution in [0.5, 0.6) is 5.75 Å². The molecule has 2 aromatic rings. The number of benzene rings is 2. The van der Waals surface area contributed by atoms with Crippen molar-refractivity contribution in [3.8, 4) is 5.75 Å². The largest absolute Gasteiger partial charge is 0.497 e. The van der Waals surface area contributed by atoms with Gasteiger partial charge in [0.05, 0.1) is 11.9 Å². The predicted molar refractivity (Wildman–Crippen MR) is 74.8 cm³/mol.